The van der Waals surface area contributed by atoms with Gasteiger partial charge in [0.1, 0.15) is 0 Å². The summed E-state index contributed by atoms with van der Waals surface area (Å²) in [6, 6.07) is 5.25. The second kappa shape index (κ2) is 6.00. The van der Waals surface area contributed by atoms with Crippen LogP contribution in [0.1, 0.15) is 36.5 Å². The van der Waals surface area contributed by atoms with Gasteiger partial charge in [0, 0.05) is 17.9 Å². The molecule has 0 bridgehead atoms. The number of nitrogen functional groups attached to an aromatic ring is 1. The zero-order valence-electron chi connectivity index (χ0n) is 9.62. The van der Waals surface area contributed by atoms with Gasteiger partial charge in [-0.15, -0.1) is 0 Å². The number of nitrogens with one attached hydrogen (secondary N) is 1. The molecule has 0 unspecified atom stereocenters. The first-order valence-electron chi connectivity index (χ1n) is 5.58. The Balaban J connectivity index is 2.61. The number of carbonyl (C=O) groups is 1. The number of anilines is 2. The molecule has 0 spiro atoms. The molecule has 0 saturated carbocycles. The van der Waals surface area contributed by atoms with E-state index in [2.05, 4.69) is 12.2 Å². The molecule has 88 valence electrons. The van der Waals surface area contributed by atoms with Gasteiger partial charge in [0.15, 0.2) is 0 Å². The summed E-state index contributed by atoms with van der Waals surface area (Å²) in [5.41, 5.74) is 12.5. The molecule has 1 aromatic carbocycles. The fraction of sp³-hybridized carbons (Fsp3) is 0.417. The highest BCUT2D eigenvalue weighted by molar-refractivity contribution is 5.98. The van der Waals surface area contributed by atoms with Gasteiger partial charge in [-0.3, -0.25) is 4.79 Å². The van der Waals surface area contributed by atoms with Crippen LogP contribution in [0.15, 0.2) is 18.2 Å². The number of carbonyl (C=O) groups excluding carboxylic acids is 1. The largest absolute Gasteiger partial charge is 0.398 e. The fourth-order valence-electron chi connectivity index (χ4n) is 1.49. The lowest BCUT2D eigenvalue weighted by Crippen LogP contribution is -2.14. The van der Waals surface area contributed by atoms with Crippen LogP contribution < -0.4 is 16.8 Å². The van der Waals surface area contributed by atoms with Crippen molar-refractivity contribution in [3.63, 3.8) is 0 Å². The van der Waals surface area contributed by atoms with Crippen LogP contribution in [0, 0.1) is 0 Å². The van der Waals surface area contributed by atoms with E-state index in [9.17, 15) is 4.79 Å². The average molecular weight is 221 g/mol. The number of hydrogen-bond donors (Lipinski definition) is 3. The van der Waals surface area contributed by atoms with Gasteiger partial charge >= 0.3 is 0 Å². The highest BCUT2D eigenvalue weighted by Gasteiger charge is 2.05. The van der Waals surface area contributed by atoms with Crippen molar-refractivity contribution in [2.24, 2.45) is 5.73 Å². The van der Waals surface area contributed by atoms with Crippen molar-refractivity contribution in [1.29, 1.82) is 0 Å². The molecule has 1 rings (SSSR count). The summed E-state index contributed by atoms with van der Waals surface area (Å²) in [6.45, 7) is 3.06. The molecule has 4 nitrogen and oxygen atoms in total. The first kappa shape index (κ1) is 12.4. The maximum atomic E-state index is 11.1. The summed E-state index contributed by atoms with van der Waals surface area (Å²) in [5, 5.41) is 3.24. The van der Waals surface area contributed by atoms with Gasteiger partial charge in [0.25, 0.3) is 5.91 Å². The van der Waals surface area contributed by atoms with Crippen molar-refractivity contribution in [3.8, 4) is 0 Å². The van der Waals surface area contributed by atoms with E-state index in [1.807, 2.05) is 6.07 Å². The van der Waals surface area contributed by atoms with E-state index in [4.69, 9.17) is 11.5 Å². The molecule has 1 amide bonds. The Labute approximate surface area is 96.0 Å². The van der Waals surface area contributed by atoms with Crippen LogP contribution in [0.5, 0.6) is 0 Å². The second-order valence-corrected chi connectivity index (χ2v) is 3.80. The van der Waals surface area contributed by atoms with Crippen molar-refractivity contribution >= 4 is 17.3 Å². The second-order valence-electron chi connectivity index (χ2n) is 3.80. The number of unbranched alkanes of at least 4 members (excludes halogenated alkanes) is 2. The normalized spacial score (nSPS) is 10.1. The molecule has 0 aliphatic carbocycles. The Bertz CT molecular complexity index is 363. The van der Waals surface area contributed by atoms with Crippen molar-refractivity contribution < 1.29 is 4.79 Å². The number of rotatable bonds is 6. The number of primary amides is 1. The van der Waals surface area contributed by atoms with Crippen LogP contribution in [0.25, 0.3) is 0 Å². The highest BCUT2D eigenvalue weighted by Crippen LogP contribution is 2.17. The molecular formula is C12H19N3O. The number of hydrogen-bond acceptors (Lipinski definition) is 3. The smallest absolute Gasteiger partial charge is 0.250 e. The van der Waals surface area contributed by atoms with Crippen molar-refractivity contribution in [1.82, 2.24) is 0 Å². The quantitative estimate of drug-likeness (QED) is 0.507. The third kappa shape index (κ3) is 3.46. The molecule has 4 heteroatoms. The van der Waals surface area contributed by atoms with Gasteiger partial charge in [-0.2, -0.15) is 0 Å². The van der Waals surface area contributed by atoms with E-state index in [0.717, 1.165) is 18.7 Å². The van der Waals surface area contributed by atoms with E-state index < -0.39 is 5.91 Å². The predicted octanol–water partition coefficient (Wildman–Crippen LogP) is 1.97. The molecule has 0 aliphatic heterocycles. The van der Waals surface area contributed by atoms with E-state index in [1.165, 1.54) is 12.8 Å². The number of benzene rings is 1. The van der Waals surface area contributed by atoms with E-state index in [-0.39, 0.29) is 0 Å². The SMILES string of the molecule is CCCCCNc1ccc(N)c(C(N)=O)c1. The van der Waals surface area contributed by atoms with Crippen LogP contribution in [0.2, 0.25) is 0 Å². The van der Waals surface area contributed by atoms with Gasteiger partial charge < -0.3 is 16.8 Å². The lowest BCUT2D eigenvalue weighted by molar-refractivity contribution is 0.100. The maximum Gasteiger partial charge on any atom is 0.250 e. The van der Waals surface area contributed by atoms with Crippen LogP contribution in [0.4, 0.5) is 11.4 Å². The summed E-state index contributed by atoms with van der Waals surface area (Å²) in [5.74, 6) is -0.491. The van der Waals surface area contributed by atoms with E-state index >= 15 is 0 Å². The number of nitrogens with two attached hydrogens (primary N) is 2. The van der Waals surface area contributed by atoms with E-state index in [0.29, 0.717) is 11.3 Å². The van der Waals surface area contributed by atoms with Gasteiger partial charge in [0.2, 0.25) is 0 Å². The Hall–Kier alpha value is -1.71. The zero-order valence-corrected chi connectivity index (χ0v) is 9.62. The molecule has 0 atom stereocenters. The first-order valence-corrected chi connectivity index (χ1v) is 5.58. The fourth-order valence-corrected chi connectivity index (χ4v) is 1.49. The van der Waals surface area contributed by atoms with Crippen molar-refractivity contribution in [2.75, 3.05) is 17.6 Å². The van der Waals surface area contributed by atoms with Gasteiger partial charge in [-0.05, 0) is 24.6 Å². The van der Waals surface area contributed by atoms with Gasteiger partial charge in [0.05, 0.1) is 5.56 Å². The van der Waals surface area contributed by atoms with Gasteiger partial charge in [-0.25, -0.2) is 0 Å². The molecule has 16 heavy (non-hydrogen) atoms. The van der Waals surface area contributed by atoms with Crippen molar-refractivity contribution in [2.45, 2.75) is 26.2 Å². The Morgan fingerprint density at radius 2 is 2.12 bits per heavy atom. The lowest BCUT2D eigenvalue weighted by Gasteiger charge is -2.08. The monoisotopic (exact) mass is 221 g/mol. The van der Waals surface area contributed by atoms with Crippen LogP contribution >= 0.6 is 0 Å². The summed E-state index contributed by atoms with van der Waals surface area (Å²) < 4.78 is 0. The standard InChI is InChI=1S/C12H19N3O/c1-2-3-4-7-15-9-5-6-11(13)10(8-9)12(14)16/h5-6,8,15H,2-4,7,13H2,1H3,(H2,14,16). The van der Waals surface area contributed by atoms with Crippen LogP contribution in [-0.4, -0.2) is 12.5 Å². The Morgan fingerprint density at radius 3 is 2.75 bits per heavy atom. The van der Waals surface area contributed by atoms with Gasteiger partial charge in [-0.1, -0.05) is 19.8 Å². The van der Waals surface area contributed by atoms with E-state index in [1.54, 1.807) is 12.1 Å². The minimum Gasteiger partial charge on any atom is -0.398 e. The first-order chi connectivity index (χ1) is 7.65. The minimum atomic E-state index is -0.491. The summed E-state index contributed by atoms with van der Waals surface area (Å²) in [4.78, 5) is 11.1. The van der Waals surface area contributed by atoms with Crippen LogP contribution in [-0.2, 0) is 0 Å². The molecule has 0 aliphatic rings. The minimum absolute atomic E-state index is 0.375. The topological polar surface area (TPSA) is 81.1 Å². The Morgan fingerprint density at radius 1 is 1.38 bits per heavy atom. The lowest BCUT2D eigenvalue weighted by atomic mass is 10.1. The average Bonchev–Trinajstić information content (AvgIpc) is 2.26. The summed E-state index contributed by atoms with van der Waals surface area (Å²) in [7, 11) is 0. The van der Waals surface area contributed by atoms with Crippen molar-refractivity contribution in [3.05, 3.63) is 23.8 Å². The van der Waals surface area contributed by atoms with Crippen LogP contribution in [0.3, 0.4) is 0 Å². The molecule has 0 aromatic heterocycles. The third-order valence-corrected chi connectivity index (χ3v) is 2.43. The maximum absolute atomic E-state index is 11.1. The zero-order chi connectivity index (χ0) is 12.0. The molecule has 0 fully saturated rings. The summed E-state index contributed by atoms with van der Waals surface area (Å²) in [6.07, 6.45) is 3.51. The Kier molecular flexibility index (Phi) is 4.64. The molecular weight excluding hydrogens is 202 g/mol. The number of amides is 1. The predicted molar refractivity (Wildman–Crippen MR) is 67.4 cm³/mol. The highest BCUT2D eigenvalue weighted by atomic mass is 16.1. The summed E-state index contributed by atoms with van der Waals surface area (Å²) >= 11 is 0. The molecule has 0 heterocycles. The molecule has 5 N–H and O–H groups in total. The third-order valence-electron chi connectivity index (χ3n) is 2.43. The molecule has 0 radical (unpaired) electrons. The molecule has 0 saturated heterocycles. The molecule has 1 aromatic rings.